The first-order chi connectivity index (χ1) is 12.6. The summed E-state index contributed by atoms with van der Waals surface area (Å²) < 4.78 is 22.3. The van der Waals surface area contributed by atoms with E-state index in [1.165, 1.54) is 15.9 Å². The van der Waals surface area contributed by atoms with Gasteiger partial charge in [-0.05, 0) is 23.8 Å². The van der Waals surface area contributed by atoms with E-state index >= 15 is 0 Å². The molecule has 0 radical (unpaired) electrons. The summed E-state index contributed by atoms with van der Waals surface area (Å²) in [4.78, 5) is 15.4. The maximum atomic E-state index is 9.44. The van der Waals surface area contributed by atoms with Crippen LogP contribution in [0.3, 0.4) is 0 Å². The lowest BCUT2D eigenvalue weighted by molar-refractivity contribution is 0.371. The van der Waals surface area contributed by atoms with Crippen LogP contribution in [0.5, 0.6) is 0 Å². The molecular weight excluding hydrogens is 389 g/mol. The Morgan fingerprint density at radius 1 is 0.577 bits per heavy atom. The van der Waals surface area contributed by atoms with Gasteiger partial charge in [-0.15, -0.1) is 0 Å². The van der Waals surface area contributed by atoms with Gasteiger partial charge in [-0.25, -0.2) is 4.31 Å². The molecule has 0 heterocycles. The van der Waals surface area contributed by atoms with Crippen LogP contribution >= 0.6 is 24.4 Å². The molecule has 3 rings (SSSR count). The van der Waals surface area contributed by atoms with Crippen molar-refractivity contribution in [3.8, 4) is 0 Å². The van der Waals surface area contributed by atoms with Crippen molar-refractivity contribution in [3.05, 3.63) is 91.0 Å². The van der Waals surface area contributed by atoms with Crippen molar-refractivity contribution >= 4 is 40.3 Å². The molecule has 2 N–H and O–H groups in total. The molecule has 0 saturated carbocycles. The number of benzene rings is 3. The molecule has 0 aliphatic carbocycles. The molecule has 3 aromatic rings. The Bertz CT molecular complexity index is 723. The number of hydrogen-bond acceptors (Lipinski definition) is 3. The van der Waals surface area contributed by atoms with E-state index in [1.54, 1.807) is 0 Å². The fourth-order valence-electron chi connectivity index (χ4n) is 2.25. The molecule has 0 aliphatic rings. The number of rotatable bonds is 5. The normalized spacial score (nSPS) is 12.7. The van der Waals surface area contributed by atoms with Crippen molar-refractivity contribution in [1.29, 1.82) is 0 Å². The van der Waals surface area contributed by atoms with Crippen LogP contribution in [0.2, 0.25) is 0 Å². The van der Waals surface area contributed by atoms with Crippen LogP contribution in [-0.4, -0.2) is 9.79 Å². The summed E-state index contributed by atoms with van der Waals surface area (Å²) in [7, 11) is -6.85. The van der Waals surface area contributed by atoms with Crippen molar-refractivity contribution < 1.29 is 23.2 Å². The van der Waals surface area contributed by atoms with E-state index in [0.717, 1.165) is 0 Å². The fraction of sp³-hybridized carbons (Fsp3) is 0. The van der Waals surface area contributed by atoms with E-state index < -0.39 is 24.4 Å². The Balaban J connectivity index is 0.000000298. The summed E-state index contributed by atoms with van der Waals surface area (Å²) in [5.41, 5.74) is 0. The van der Waals surface area contributed by atoms with Gasteiger partial charge in [0, 0.05) is 0 Å². The largest absolute Gasteiger partial charge is 0.326 e. The molecule has 0 saturated heterocycles. The Morgan fingerprint density at radius 2 is 0.846 bits per heavy atom. The van der Waals surface area contributed by atoms with E-state index in [9.17, 15) is 9.13 Å². The molecule has 8 heteroatoms. The average molecular weight is 408 g/mol. The monoisotopic (exact) mass is 408 g/mol. The van der Waals surface area contributed by atoms with Gasteiger partial charge in [0.1, 0.15) is 0 Å². The summed E-state index contributed by atoms with van der Waals surface area (Å²) in [5.74, 6) is 0. The van der Waals surface area contributed by atoms with Crippen LogP contribution in [0.15, 0.2) is 91.0 Å². The zero-order valence-corrected chi connectivity index (χ0v) is 16.6. The van der Waals surface area contributed by atoms with Gasteiger partial charge in [-0.1, -0.05) is 91.0 Å². The van der Waals surface area contributed by atoms with Gasteiger partial charge in [0.2, 0.25) is 0 Å². The summed E-state index contributed by atoms with van der Waals surface area (Å²) in [6, 6.07) is 32.3. The molecule has 26 heavy (non-hydrogen) atoms. The van der Waals surface area contributed by atoms with Crippen LogP contribution in [0, 0.1) is 0 Å². The lowest BCUT2D eigenvalue weighted by Crippen LogP contribution is -2.20. The van der Waals surface area contributed by atoms with Crippen molar-refractivity contribution in [2.45, 2.75) is 0 Å². The highest BCUT2D eigenvalue weighted by Gasteiger charge is 2.14. The van der Waals surface area contributed by atoms with Crippen molar-refractivity contribution in [3.63, 3.8) is 0 Å². The molecule has 0 fully saturated rings. The highest BCUT2D eigenvalue weighted by Crippen LogP contribution is 2.32. The molecule has 0 aliphatic heterocycles. The smallest absolute Gasteiger partial charge is 0.323 e. The highest BCUT2D eigenvalue weighted by atomic mass is 31.2. The topological polar surface area (TPSA) is 83.8 Å². The van der Waals surface area contributed by atoms with E-state index in [1.807, 2.05) is 0 Å². The second kappa shape index (κ2) is 11.2. The molecule has 0 spiro atoms. The molecule has 136 valence electrons. The highest BCUT2D eigenvalue weighted by molar-refractivity contribution is 7.79. The van der Waals surface area contributed by atoms with E-state index in [4.69, 9.17) is 9.79 Å². The fourth-order valence-corrected chi connectivity index (χ4v) is 5.16. The predicted molar refractivity (Wildman–Crippen MR) is 109 cm³/mol. The van der Waals surface area contributed by atoms with Crippen molar-refractivity contribution in [1.82, 2.24) is 0 Å². The summed E-state index contributed by atoms with van der Waals surface area (Å²) in [6.07, 6.45) is 0. The first-order valence-corrected chi connectivity index (χ1v) is 11.5. The molecule has 2 atom stereocenters. The Kier molecular flexibility index (Phi) is 8.94. The Morgan fingerprint density at radius 3 is 1.04 bits per heavy atom. The SMILES string of the molecule is O=[PH](O)O[PH](=O)O.c1ccc(P(c2ccccc2)c2ccccc2)cc1. The molecule has 0 amide bonds. The lowest BCUT2D eigenvalue weighted by Gasteiger charge is -2.18. The minimum absolute atomic E-state index is 0.446. The first-order valence-electron chi connectivity index (χ1n) is 7.67. The summed E-state index contributed by atoms with van der Waals surface area (Å²) in [6.45, 7) is 0. The number of hydrogen-bond donors (Lipinski definition) is 2. The summed E-state index contributed by atoms with van der Waals surface area (Å²) >= 11 is 0. The van der Waals surface area contributed by atoms with Gasteiger partial charge < -0.3 is 9.79 Å². The van der Waals surface area contributed by atoms with Gasteiger partial charge in [0.15, 0.2) is 0 Å². The van der Waals surface area contributed by atoms with Crippen LogP contribution in [0.1, 0.15) is 0 Å². The zero-order valence-electron chi connectivity index (χ0n) is 13.7. The molecule has 5 nitrogen and oxygen atoms in total. The minimum Gasteiger partial charge on any atom is -0.326 e. The van der Waals surface area contributed by atoms with Gasteiger partial charge in [0.25, 0.3) is 0 Å². The first kappa shape index (κ1) is 20.7. The average Bonchev–Trinajstić information content (AvgIpc) is 2.64. The maximum absolute atomic E-state index is 9.44. The quantitative estimate of drug-likeness (QED) is 0.634. The molecule has 3 aromatic carbocycles. The van der Waals surface area contributed by atoms with Crippen LogP contribution in [0.4, 0.5) is 0 Å². The third kappa shape index (κ3) is 6.97. The predicted octanol–water partition coefficient (Wildman–Crippen LogP) is 3.21. The van der Waals surface area contributed by atoms with Crippen LogP contribution < -0.4 is 15.9 Å². The van der Waals surface area contributed by atoms with Gasteiger partial charge in [-0.2, -0.15) is 0 Å². The van der Waals surface area contributed by atoms with Crippen LogP contribution in [0.25, 0.3) is 0 Å². The lowest BCUT2D eigenvalue weighted by atomic mass is 10.4. The molecular formula is C18H19O5P3. The van der Waals surface area contributed by atoms with Gasteiger partial charge in [0.05, 0.1) is 0 Å². The second-order valence-electron chi connectivity index (χ2n) is 4.98. The standard InChI is InChI=1S/C18H15P.H4O5P2/c1-4-10-16(11-5-1)19(17-12-6-2-7-13-17)18-14-8-3-9-15-18;1-6(2)5-7(3)4/h1-15H;6-7H,(H,1,2)(H,3,4). The maximum Gasteiger partial charge on any atom is 0.323 e. The van der Waals surface area contributed by atoms with Crippen LogP contribution in [-0.2, 0) is 13.4 Å². The molecule has 2 unspecified atom stereocenters. The van der Waals surface area contributed by atoms with Gasteiger partial charge >= 0.3 is 16.5 Å². The third-order valence-corrected chi connectivity index (χ3v) is 7.06. The van der Waals surface area contributed by atoms with E-state index in [2.05, 4.69) is 95.3 Å². The molecule has 0 bridgehead atoms. The zero-order chi connectivity index (χ0) is 18.8. The Labute approximate surface area is 155 Å². The van der Waals surface area contributed by atoms with Gasteiger partial charge in [-0.3, -0.25) is 9.13 Å². The molecule has 0 aromatic heterocycles. The minimum atomic E-state index is -3.20. The Hall–Kier alpha value is -1.57. The van der Waals surface area contributed by atoms with Crippen molar-refractivity contribution in [2.75, 3.05) is 0 Å². The summed E-state index contributed by atoms with van der Waals surface area (Å²) in [5, 5.41) is 4.19. The third-order valence-electron chi connectivity index (χ3n) is 3.22. The van der Waals surface area contributed by atoms with E-state index in [0.29, 0.717) is 0 Å². The second-order valence-corrected chi connectivity index (χ2v) is 9.08. The van der Waals surface area contributed by atoms with E-state index in [-0.39, 0.29) is 0 Å². The van der Waals surface area contributed by atoms with Crippen molar-refractivity contribution in [2.24, 2.45) is 0 Å².